The van der Waals surface area contributed by atoms with Crippen LogP contribution in [0.2, 0.25) is 0 Å². The van der Waals surface area contributed by atoms with E-state index in [4.69, 9.17) is 0 Å². The number of hydrogen-bond acceptors (Lipinski definition) is 6. The van der Waals surface area contributed by atoms with Crippen LogP contribution in [0.25, 0.3) is 5.82 Å². The van der Waals surface area contributed by atoms with E-state index in [0.717, 1.165) is 16.1 Å². The number of aryl methyl sites for hydroxylation is 3. The quantitative estimate of drug-likeness (QED) is 0.626. The lowest BCUT2D eigenvalue weighted by Crippen LogP contribution is -2.36. The molecule has 3 aromatic heterocycles. The lowest BCUT2D eigenvalue weighted by Gasteiger charge is -2.10. The molecule has 0 spiro atoms. The zero-order chi connectivity index (χ0) is 20.3. The number of amides is 1. The Labute approximate surface area is 160 Å². The van der Waals surface area contributed by atoms with E-state index >= 15 is 0 Å². The molecule has 0 unspecified atom stereocenters. The first-order valence-corrected chi connectivity index (χ1v) is 8.77. The van der Waals surface area contributed by atoms with Crippen molar-refractivity contribution in [3.8, 4) is 5.82 Å². The van der Waals surface area contributed by atoms with Gasteiger partial charge in [0.15, 0.2) is 5.82 Å². The molecule has 0 radical (unpaired) electrons. The fourth-order valence-corrected chi connectivity index (χ4v) is 2.73. The van der Waals surface area contributed by atoms with Crippen LogP contribution in [-0.2, 0) is 17.9 Å². The summed E-state index contributed by atoms with van der Waals surface area (Å²) in [4.78, 5) is 35.8. The number of nitrogens with one attached hydrogen (secondary N) is 1. The second-order valence-corrected chi connectivity index (χ2v) is 6.41. The van der Waals surface area contributed by atoms with Crippen LogP contribution in [0.3, 0.4) is 0 Å². The SMILES string of the molecule is Cc1cc(C)n(-c2ccc(=O)n(CCNC(=O)Cn3nc(C)ccc3=O)n2)n1. The third-order valence-corrected chi connectivity index (χ3v) is 4.02. The molecule has 146 valence electrons. The van der Waals surface area contributed by atoms with Gasteiger partial charge in [0.05, 0.1) is 17.9 Å². The molecule has 3 heterocycles. The molecule has 0 atom stereocenters. The molecule has 0 aromatic carbocycles. The van der Waals surface area contributed by atoms with Crippen LogP contribution in [0.1, 0.15) is 17.1 Å². The molecule has 0 aliphatic rings. The predicted molar refractivity (Wildman–Crippen MR) is 101 cm³/mol. The molecule has 0 fully saturated rings. The summed E-state index contributed by atoms with van der Waals surface area (Å²) in [5.74, 6) is 0.148. The second-order valence-electron chi connectivity index (χ2n) is 6.41. The Bertz CT molecular complexity index is 1130. The lowest BCUT2D eigenvalue weighted by molar-refractivity contribution is -0.121. The van der Waals surface area contributed by atoms with Gasteiger partial charge in [-0.15, -0.1) is 5.10 Å². The molecule has 10 heteroatoms. The van der Waals surface area contributed by atoms with Gasteiger partial charge in [-0.3, -0.25) is 14.4 Å². The second kappa shape index (κ2) is 7.99. The molecule has 10 nitrogen and oxygen atoms in total. The van der Waals surface area contributed by atoms with Crippen molar-refractivity contribution in [1.82, 2.24) is 34.7 Å². The van der Waals surface area contributed by atoms with Crippen molar-refractivity contribution in [3.63, 3.8) is 0 Å². The minimum Gasteiger partial charge on any atom is -0.353 e. The van der Waals surface area contributed by atoms with Gasteiger partial charge in [-0.1, -0.05) is 0 Å². The Morgan fingerprint density at radius 1 is 0.929 bits per heavy atom. The van der Waals surface area contributed by atoms with E-state index in [2.05, 4.69) is 20.6 Å². The van der Waals surface area contributed by atoms with Gasteiger partial charge in [-0.25, -0.2) is 14.0 Å². The maximum absolute atomic E-state index is 12.1. The third kappa shape index (κ3) is 4.40. The summed E-state index contributed by atoms with van der Waals surface area (Å²) in [6, 6.07) is 7.89. The summed E-state index contributed by atoms with van der Waals surface area (Å²) in [5.41, 5.74) is 1.76. The minimum atomic E-state index is -0.372. The van der Waals surface area contributed by atoms with Gasteiger partial charge in [-0.05, 0) is 39.0 Å². The van der Waals surface area contributed by atoms with Crippen LogP contribution in [-0.4, -0.2) is 41.8 Å². The van der Waals surface area contributed by atoms with Crippen molar-refractivity contribution < 1.29 is 4.79 Å². The first-order chi connectivity index (χ1) is 13.3. The number of rotatable bonds is 6. The highest BCUT2D eigenvalue weighted by Crippen LogP contribution is 2.07. The number of aromatic nitrogens is 6. The van der Waals surface area contributed by atoms with Crippen LogP contribution in [0, 0.1) is 20.8 Å². The molecule has 1 amide bonds. The number of nitrogens with zero attached hydrogens (tertiary/aromatic N) is 6. The maximum atomic E-state index is 12.1. The molecule has 1 N–H and O–H groups in total. The average molecular weight is 383 g/mol. The van der Waals surface area contributed by atoms with Crippen molar-refractivity contribution >= 4 is 5.91 Å². The Morgan fingerprint density at radius 3 is 2.36 bits per heavy atom. The van der Waals surface area contributed by atoms with Crippen molar-refractivity contribution in [2.24, 2.45) is 0 Å². The highest BCUT2D eigenvalue weighted by molar-refractivity contribution is 5.75. The van der Waals surface area contributed by atoms with Gasteiger partial charge in [0, 0.05) is 24.4 Å². The average Bonchev–Trinajstić information content (AvgIpc) is 2.98. The zero-order valence-electron chi connectivity index (χ0n) is 15.9. The predicted octanol–water partition coefficient (Wildman–Crippen LogP) is -0.273. The standard InChI is InChI=1S/C18H21N7O3/c1-12-4-6-18(28)24(20-12)11-16(26)19-8-9-23-17(27)7-5-15(22-23)25-14(3)10-13(2)21-25/h4-7,10H,8-9,11H2,1-3H3,(H,19,26). The molecule has 3 aromatic rings. The molecular weight excluding hydrogens is 362 g/mol. The molecule has 0 saturated heterocycles. The van der Waals surface area contributed by atoms with E-state index in [1.807, 2.05) is 19.9 Å². The topological polar surface area (TPSA) is 117 Å². The molecule has 0 bridgehead atoms. The van der Waals surface area contributed by atoms with Crippen LogP contribution in [0.5, 0.6) is 0 Å². The number of carbonyl (C=O) groups is 1. The first-order valence-electron chi connectivity index (χ1n) is 8.77. The van der Waals surface area contributed by atoms with Crippen molar-refractivity contribution in [1.29, 1.82) is 0 Å². The van der Waals surface area contributed by atoms with Gasteiger partial charge in [0.25, 0.3) is 11.1 Å². The molecule has 0 aliphatic carbocycles. The Morgan fingerprint density at radius 2 is 1.64 bits per heavy atom. The normalized spacial score (nSPS) is 10.8. The third-order valence-electron chi connectivity index (χ3n) is 4.02. The zero-order valence-corrected chi connectivity index (χ0v) is 15.9. The maximum Gasteiger partial charge on any atom is 0.267 e. The fourth-order valence-electron chi connectivity index (χ4n) is 2.73. The van der Waals surface area contributed by atoms with Gasteiger partial charge in [0.1, 0.15) is 6.54 Å². The van der Waals surface area contributed by atoms with Crippen LogP contribution >= 0.6 is 0 Å². The molecular formula is C18H21N7O3. The summed E-state index contributed by atoms with van der Waals surface area (Å²) in [6.45, 7) is 5.71. The molecule has 0 aliphatic heterocycles. The largest absolute Gasteiger partial charge is 0.353 e. The monoisotopic (exact) mass is 383 g/mol. The van der Waals surface area contributed by atoms with E-state index in [-0.39, 0.29) is 36.7 Å². The van der Waals surface area contributed by atoms with E-state index in [1.165, 1.54) is 16.8 Å². The highest BCUT2D eigenvalue weighted by Gasteiger charge is 2.09. The smallest absolute Gasteiger partial charge is 0.267 e. The van der Waals surface area contributed by atoms with Gasteiger partial charge in [0.2, 0.25) is 5.91 Å². The van der Waals surface area contributed by atoms with Gasteiger partial charge < -0.3 is 5.32 Å². The van der Waals surface area contributed by atoms with E-state index < -0.39 is 0 Å². The highest BCUT2D eigenvalue weighted by atomic mass is 16.2. The summed E-state index contributed by atoms with van der Waals surface area (Å²) in [7, 11) is 0. The Kier molecular flexibility index (Phi) is 5.48. The Balaban J connectivity index is 1.64. The van der Waals surface area contributed by atoms with Crippen molar-refractivity contribution in [2.75, 3.05) is 6.54 Å². The summed E-state index contributed by atoms with van der Waals surface area (Å²) in [6.07, 6.45) is 0. The summed E-state index contributed by atoms with van der Waals surface area (Å²) in [5, 5.41) is 15.3. The Hall–Kier alpha value is -3.56. The lowest BCUT2D eigenvalue weighted by atomic mass is 10.4. The van der Waals surface area contributed by atoms with Crippen LogP contribution in [0.15, 0.2) is 39.9 Å². The van der Waals surface area contributed by atoms with Crippen molar-refractivity contribution in [3.05, 3.63) is 68.1 Å². The van der Waals surface area contributed by atoms with Gasteiger partial charge in [-0.2, -0.15) is 10.2 Å². The first kappa shape index (κ1) is 19.2. The van der Waals surface area contributed by atoms with Crippen LogP contribution in [0.4, 0.5) is 0 Å². The van der Waals surface area contributed by atoms with E-state index in [9.17, 15) is 14.4 Å². The van der Waals surface area contributed by atoms with Crippen LogP contribution < -0.4 is 16.4 Å². The van der Waals surface area contributed by atoms with E-state index in [1.54, 1.807) is 23.7 Å². The number of hydrogen-bond donors (Lipinski definition) is 1. The van der Waals surface area contributed by atoms with Crippen molar-refractivity contribution in [2.45, 2.75) is 33.9 Å². The molecule has 0 saturated carbocycles. The summed E-state index contributed by atoms with van der Waals surface area (Å²) < 4.78 is 4.02. The molecule has 3 rings (SSSR count). The fraction of sp³-hybridized carbons (Fsp3) is 0.333. The summed E-state index contributed by atoms with van der Waals surface area (Å²) >= 11 is 0. The van der Waals surface area contributed by atoms with Gasteiger partial charge >= 0.3 is 0 Å². The number of carbonyl (C=O) groups excluding carboxylic acids is 1. The van der Waals surface area contributed by atoms with E-state index in [0.29, 0.717) is 11.5 Å². The molecule has 28 heavy (non-hydrogen) atoms. The minimum absolute atomic E-state index is 0.186.